The van der Waals surface area contributed by atoms with Crippen LogP contribution in [0.15, 0.2) is 46.9 Å². The van der Waals surface area contributed by atoms with Gasteiger partial charge in [-0.25, -0.2) is 0 Å². The molecule has 1 aliphatic heterocycles. The standard InChI is InChI=1S/C20H17BrN2S/c21-17-8-6-16(7-9-17)20-18-10-5-15(14-19(18)24-22-20)4-1-2-11-23-12-3-13-23/h5-10,14H,2-3,11-13H2. The third-order valence-electron chi connectivity index (χ3n) is 4.32. The van der Waals surface area contributed by atoms with Crippen LogP contribution in [0.1, 0.15) is 18.4 Å². The first-order chi connectivity index (χ1) is 11.8. The zero-order valence-corrected chi connectivity index (χ0v) is 15.7. The lowest BCUT2D eigenvalue weighted by Crippen LogP contribution is -2.37. The van der Waals surface area contributed by atoms with Crippen LogP contribution in [0, 0.1) is 11.8 Å². The van der Waals surface area contributed by atoms with Gasteiger partial charge in [0.25, 0.3) is 0 Å². The minimum absolute atomic E-state index is 0.949. The van der Waals surface area contributed by atoms with Crippen LogP contribution in [0.5, 0.6) is 0 Å². The molecule has 4 rings (SSSR count). The highest BCUT2D eigenvalue weighted by atomic mass is 79.9. The number of hydrogen-bond acceptors (Lipinski definition) is 3. The van der Waals surface area contributed by atoms with Crippen LogP contribution in [0.25, 0.3) is 21.3 Å². The van der Waals surface area contributed by atoms with Gasteiger partial charge in [-0.2, -0.15) is 4.37 Å². The summed E-state index contributed by atoms with van der Waals surface area (Å²) in [5.41, 5.74) is 3.29. The maximum Gasteiger partial charge on any atom is 0.0919 e. The summed E-state index contributed by atoms with van der Waals surface area (Å²) < 4.78 is 6.93. The Morgan fingerprint density at radius 3 is 2.71 bits per heavy atom. The highest BCUT2D eigenvalue weighted by Gasteiger charge is 2.11. The summed E-state index contributed by atoms with van der Waals surface area (Å²) in [4.78, 5) is 2.45. The molecule has 1 fully saturated rings. The summed E-state index contributed by atoms with van der Waals surface area (Å²) in [5.74, 6) is 6.59. The third-order valence-corrected chi connectivity index (χ3v) is 5.66. The average molecular weight is 397 g/mol. The van der Waals surface area contributed by atoms with Crippen LogP contribution in [-0.2, 0) is 0 Å². The van der Waals surface area contributed by atoms with Crippen molar-refractivity contribution in [2.24, 2.45) is 0 Å². The number of hydrogen-bond donors (Lipinski definition) is 0. The van der Waals surface area contributed by atoms with Crippen LogP contribution in [0.2, 0.25) is 0 Å². The molecule has 24 heavy (non-hydrogen) atoms. The normalized spacial score (nSPS) is 14.2. The van der Waals surface area contributed by atoms with E-state index in [1.165, 1.54) is 29.6 Å². The van der Waals surface area contributed by atoms with Crippen molar-refractivity contribution in [2.45, 2.75) is 12.8 Å². The second-order valence-electron chi connectivity index (χ2n) is 6.00. The first-order valence-corrected chi connectivity index (χ1v) is 9.73. The van der Waals surface area contributed by atoms with E-state index in [0.717, 1.165) is 34.3 Å². The second kappa shape index (κ2) is 7.06. The lowest BCUT2D eigenvalue weighted by atomic mass is 10.1. The topological polar surface area (TPSA) is 16.1 Å². The van der Waals surface area contributed by atoms with E-state index < -0.39 is 0 Å². The molecule has 0 aliphatic carbocycles. The molecule has 0 spiro atoms. The van der Waals surface area contributed by atoms with Crippen LogP contribution in [-0.4, -0.2) is 28.9 Å². The number of aromatic nitrogens is 1. The molecule has 0 amide bonds. The number of nitrogens with zero attached hydrogens (tertiary/aromatic N) is 2. The van der Waals surface area contributed by atoms with E-state index in [0.29, 0.717) is 0 Å². The summed E-state index contributed by atoms with van der Waals surface area (Å²) in [6.07, 6.45) is 2.29. The summed E-state index contributed by atoms with van der Waals surface area (Å²) in [6.45, 7) is 3.59. The van der Waals surface area contributed by atoms with Gasteiger partial charge in [0.2, 0.25) is 0 Å². The zero-order chi connectivity index (χ0) is 16.4. The van der Waals surface area contributed by atoms with Crippen LogP contribution in [0.3, 0.4) is 0 Å². The van der Waals surface area contributed by atoms with Crippen LogP contribution < -0.4 is 0 Å². The van der Waals surface area contributed by atoms with Gasteiger partial charge in [0.05, 0.1) is 10.4 Å². The van der Waals surface area contributed by atoms with Gasteiger partial charge in [0.1, 0.15) is 0 Å². The highest BCUT2D eigenvalue weighted by molar-refractivity contribution is 9.10. The van der Waals surface area contributed by atoms with E-state index in [-0.39, 0.29) is 0 Å². The van der Waals surface area contributed by atoms with Crippen LogP contribution >= 0.6 is 27.5 Å². The second-order valence-corrected chi connectivity index (χ2v) is 7.72. The molecule has 0 N–H and O–H groups in total. The van der Waals surface area contributed by atoms with E-state index in [4.69, 9.17) is 0 Å². The minimum Gasteiger partial charge on any atom is -0.302 e. The number of fused-ring (bicyclic) bond motifs is 1. The molecule has 0 bridgehead atoms. The van der Waals surface area contributed by atoms with Crippen molar-refractivity contribution in [1.29, 1.82) is 0 Å². The Bertz CT molecular complexity index is 914. The number of rotatable bonds is 3. The quantitative estimate of drug-likeness (QED) is 0.567. The number of halogens is 1. The van der Waals surface area contributed by atoms with Crippen molar-refractivity contribution >= 4 is 37.5 Å². The van der Waals surface area contributed by atoms with Gasteiger partial charge < -0.3 is 4.90 Å². The molecule has 0 atom stereocenters. The molecule has 0 radical (unpaired) electrons. The molecular formula is C20H17BrN2S. The molecule has 1 saturated heterocycles. The third kappa shape index (κ3) is 3.39. The molecule has 3 aromatic rings. The molecule has 2 nitrogen and oxygen atoms in total. The molecule has 120 valence electrons. The van der Waals surface area contributed by atoms with E-state index >= 15 is 0 Å². The first kappa shape index (κ1) is 15.8. The molecule has 0 saturated carbocycles. The summed E-state index contributed by atoms with van der Waals surface area (Å²) in [5, 5.41) is 1.20. The Labute approximate surface area is 154 Å². The van der Waals surface area contributed by atoms with Gasteiger partial charge in [-0.3, -0.25) is 0 Å². The molecule has 2 heterocycles. The van der Waals surface area contributed by atoms with Gasteiger partial charge in [-0.15, -0.1) is 0 Å². The SMILES string of the molecule is Brc1ccc(-c2nsc3cc(C#CCCN4CCC4)ccc23)cc1. The Morgan fingerprint density at radius 1 is 1.12 bits per heavy atom. The van der Waals surface area contributed by atoms with Gasteiger partial charge in [-0.1, -0.05) is 46.0 Å². The smallest absolute Gasteiger partial charge is 0.0919 e. The largest absolute Gasteiger partial charge is 0.302 e. The Kier molecular flexibility index (Phi) is 4.66. The lowest BCUT2D eigenvalue weighted by Gasteiger charge is -2.29. The fraction of sp³-hybridized carbons (Fsp3) is 0.250. The van der Waals surface area contributed by atoms with Gasteiger partial charge in [-0.05, 0) is 55.3 Å². The molecule has 0 unspecified atom stereocenters. The summed E-state index contributed by atoms with van der Waals surface area (Å²) >= 11 is 5.03. The Hall–Kier alpha value is -1.67. The van der Waals surface area contributed by atoms with Gasteiger partial charge >= 0.3 is 0 Å². The summed E-state index contributed by atoms with van der Waals surface area (Å²) in [7, 11) is 0. The maximum atomic E-state index is 4.65. The maximum absolute atomic E-state index is 4.65. The molecular weight excluding hydrogens is 380 g/mol. The van der Waals surface area contributed by atoms with E-state index in [2.05, 4.69) is 79.5 Å². The molecule has 2 aromatic carbocycles. The Balaban J connectivity index is 1.54. The number of benzene rings is 2. The zero-order valence-electron chi connectivity index (χ0n) is 13.3. The highest BCUT2D eigenvalue weighted by Crippen LogP contribution is 2.32. The minimum atomic E-state index is 0.949. The van der Waals surface area contributed by atoms with Crippen molar-refractivity contribution in [3.63, 3.8) is 0 Å². The predicted octanol–water partition coefficient (Wildman–Crippen LogP) is 5.17. The van der Waals surface area contributed by atoms with E-state index in [1.54, 1.807) is 11.5 Å². The van der Waals surface area contributed by atoms with Crippen LogP contribution in [0.4, 0.5) is 0 Å². The fourth-order valence-corrected chi connectivity index (χ4v) is 3.92. The first-order valence-electron chi connectivity index (χ1n) is 8.16. The fourth-order valence-electron chi connectivity index (χ4n) is 2.82. The van der Waals surface area contributed by atoms with Crippen molar-refractivity contribution < 1.29 is 0 Å². The van der Waals surface area contributed by atoms with Gasteiger partial charge in [0.15, 0.2) is 0 Å². The molecule has 1 aliphatic rings. The summed E-state index contributed by atoms with van der Waals surface area (Å²) in [6, 6.07) is 14.7. The van der Waals surface area contributed by atoms with Crippen molar-refractivity contribution in [1.82, 2.24) is 9.27 Å². The molecule has 4 heteroatoms. The Morgan fingerprint density at radius 2 is 1.96 bits per heavy atom. The van der Waals surface area contributed by atoms with E-state index in [1.807, 2.05) is 0 Å². The van der Waals surface area contributed by atoms with E-state index in [9.17, 15) is 0 Å². The molecule has 1 aromatic heterocycles. The van der Waals surface area contributed by atoms with Crippen molar-refractivity contribution in [3.05, 3.63) is 52.5 Å². The average Bonchev–Trinajstić information content (AvgIpc) is 2.97. The predicted molar refractivity (Wildman–Crippen MR) is 105 cm³/mol. The van der Waals surface area contributed by atoms with Crippen molar-refractivity contribution in [2.75, 3.05) is 19.6 Å². The number of likely N-dealkylation sites (tertiary alicyclic amines) is 1. The monoisotopic (exact) mass is 396 g/mol. The van der Waals surface area contributed by atoms with Gasteiger partial charge in [0, 0.05) is 34.0 Å². The van der Waals surface area contributed by atoms with Crippen molar-refractivity contribution in [3.8, 4) is 23.1 Å². The lowest BCUT2D eigenvalue weighted by molar-refractivity contribution is 0.186.